The number of carbonyl (C=O) groups excluding carboxylic acids is 1. The highest BCUT2D eigenvalue weighted by molar-refractivity contribution is 7.80. The normalized spacial score (nSPS) is 30.0. The summed E-state index contributed by atoms with van der Waals surface area (Å²) in [5, 5.41) is 112. The monoisotopic (exact) mass is 1070 g/mol. The Balaban J connectivity index is 0.769. The van der Waals surface area contributed by atoms with Crippen LogP contribution in [0.3, 0.4) is 0 Å². The molecule has 7 unspecified atom stereocenters. The number of anilines is 1. The van der Waals surface area contributed by atoms with E-state index in [0.717, 1.165) is 0 Å². The number of aliphatic hydroxyl groups is 7. The first-order valence-corrected chi connectivity index (χ1v) is 24.6. The van der Waals surface area contributed by atoms with E-state index in [1.165, 1.54) is 30.3 Å². The summed E-state index contributed by atoms with van der Waals surface area (Å²) >= 11 is 5.49. The van der Waals surface area contributed by atoms with Crippen LogP contribution in [-0.4, -0.2) is 189 Å². The number of carboxylic acids is 1. The predicted octanol–water partition coefficient (Wildman–Crippen LogP) is -2.86. The smallest absolute Gasteiger partial charge is 0.336 e. The second kappa shape index (κ2) is 24.0. The van der Waals surface area contributed by atoms with Crippen LogP contribution in [0.5, 0.6) is 5.75 Å². The summed E-state index contributed by atoms with van der Waals surface area (Å²) < 4.78 is 30.5. The number of aliphatic hydroxyl groups excluding tert-OH is 7. The number of thiocarbonyl (C=S) groups is 1. The average molecular weight is 1070 g/mol. The maximum Gasteiger partial charge on any atom is 0.336 e. The molecule has 3 aromatic rings. The van der Waals surface area contributed by atoms with Crippen LogP contribution in [0.1, 0.15) is 41.7 Å². The van der Waals surface area contributed by atoms with E-state index < -0.39 is 110 Å². The van der Waals surface area contributed by atoms with Gasteiger partial charge in [0.1, 0.15) is 78.1 Å². The standard InChI is InChI=1S/C48H61N9O17S/c49-28-16-29(50)44(42(67)43(28)73-46-39(64)36(51)37(62)33(19-58)72-46)74-47-41(66)40(65)38(63)32(71-47)17-53-34(61)4-1-3-21-18-57(56-55-21)12-2-11-52-48(75)54-20-5-8-24(27(13-20)45(68)69)35-25-9-6-22(59)14-30(25)70-31-15-23(60)7-10-26(31)35/h5-10,13-15,18,28-29,32-33,36-44,46-47,58-59,62-67H,1-4,11-12,16-17,19,49-51H2,(H,53,61)(H,68,69)(H2,52,54,75)/t28-,29?,32?,33?,36?,37+,38+,39?,40+,41?,42-,43?,44+,46+,47+/m1/s1. The van der Waals surface area contributed by atoms with Gasteiger partial charge >= 0.3 is 5.97 Å². The van der Waals surface area contributed by atoms with Crippen molar-refractivity contribution in [3.8, 4) is 28.2 Å². The molecule has 4 heterocycles. The molecule has 27 heteroatoms. The van der Waals surface area contributed by atoms with E-state index in [0.29, 0.717) is 65.8 Å². The summed E-state index contributed by atoms with van der Waals surface area (Å²) in [6.07, 6.45) is -15.1. The lowest BCUT2D eigenvalue weighted by Gasteiger charge is -2.48. The van der Waals surface area contributed by atoms with Gasteiger partial charge in [0.25, 0.3) is 0 Å². The molecule has 26 nitrogen and oxygen atoms in total. The van der Waals surface area contributed by atoms with Gasteiger partial charge in [-0.1, -0.05) is 11.3 Å². The van der Waals surface area contributed by atoms with E-state index in [9.17, 15) is 60.3 Å². The number of aromatic nitrogens is 3. The minimum Gasteiger partial charge on any atom is -0.508 e. The Morgan fingerprint density at radius 2 is 1.52 bits per heavy atom. The second-order valence-electron chi connectivity index (χ2n) is 18.8. The molecule has 1 amide bonds. The predicted molar refractivity (Wildman–Crippen MR) is 267 cm³/mol. The van der Waals surface area contributed by atoms with Gasteiger partial charge in [-0.05, 0) is 79.9 Å². The average Bonchev–Trinajstić information content (AvgIpc) is 3.84. The van der Waals surface area contributed by atoms with Gasteiger partial charge in [0.15, 0.2) is 23.1 Å². The van der Waals surface area contributed by atoms with Crippen LogP contribution in [0.2, 0.25) is 0 Å². The molecule has 0 spiro atoms. The molecule has 3 fully saturated rings. The largest absolute Gasteiger partial charge is 0.508 e. The summed E-state index contributed by atoms with van der Waals surface area (Å²) in [6.45, 7) is -0.0593. The number of rotatable bonds is 18. The molecule has 2 saturated heterocycles. The van der Waals surface area contributed by atoms with Gasteiger partial charge in [0.05, 0.1) is 23.9 Å². The van der Waals surface area contributed by atoms with Gasteiger partial charge in [-0.3, -0.25) is 14.3 Å². The number of phenols is 1. The number of nitrogens with zero attached hydrogens (tertiary/aromatic N) is 3. The quantitative estimate of drug-likeness (QED) is 0.0238. The number of fused-ring (bicyclic) bond motifs is 2. The zero-order valence-electron chi connectivity index (χ0n) is 40.1. The highest BCUT2D eigenvalue weighted by atomic mass is 32.1. The third-order valence-electron chi connectivity index (χ3n) is 13.5. The number of amides is 1. The third kappa shape index (κ3) is 12.5. The molecule has 5 aliphatic rings. The third-order valence-corrected chi connectivity index (χ3v) is 13.7. The van der Waals surface area contributed by atoms with E-state index in [4.69, 9.17) is 52.8 Å². The van der Waals surface area contributed by atoms with Crippen molar-refractivity contribution in [1.82, 2.24) is 25.6 Å². The molecule has 2 aromatic carbocycles. The number of aryl methyl sites for hydroxylation is 2. The Morgan fingerprint density at radius 1 is 0.813 bits per heavy atom. The van der Waals surface area contributed by atoms with Crippen LogP contribution in [0.4, 0.5) is 5.69 Å². The molecule has 8 rings (SSSR count). The van der Waals surface area contributed by atoms with Gasteiger partial charge in [0, 0.05) is 78.7 Å². The topological polar surface area (TPSA) is 428 Å². The van der Waals surface area contributed by atoms with Crippen molar-refractivity contribution in [2.24, 2.45) is 17.2 Å². The Kier molecular flexibility index (Phi) is 17.7. The van der Waals surface area contributed by atoms with Gasteiger partial charge < -0.3 is 102 Å². The number of aromatic carboxylic acids is 1. The minimum atomic E-state index is -1.82. The molecule has 1 aromatic heterocycles. The fraction of sp³-hybridized carbons (Fsp3) is 0.500. The molecule has 406 valence electrons. The van der Waals surface area contributed by atoms with Crippen molar-refractivity contribution >= 4 is 45.9 Å². The summed E-state index contributed by atoms with van der Waals surface area (Å²) in [6, 6.07) is 10.3. The van der Waals surface area contributed by atoms with E-state index in [-0.39, 0.29) is 52.6 Å². The molecule has 0 bridgehead atoms. The lowest BCUT2D eigenvalue weighted by molar-refractivity contribution is -0.332. The van der Waals surface area contributed by atoms with Crippen molar-refractivity contribution in [3.05, 3.63) is 82.3 Å². The number of hydrogen-bond acceptors (Lipinski definition) is 22. The van der Waals surface area contributed by atoms with Crippen LogP contribution in [0.25, 0.3) is 33.4 Å². The van der Waals surface area contributed by atoms with Gasteiger partial charge in [-0.2, -0.15) is 0 Å². The number of carbonyl (C=O) groups is 2. The lowest BCUT2D eigenvalue weighted by atomic mass is 9.84. The number of nitrogens with two attached hydrogens (primary N) is 3. The summed E-state index contributed by atoms with van der Waals surface area (Å²) in [4.78, 5) is 37.7. The van der Waals surface area contributed by atoms with Gasteiger partial charge in [0.2, 0.25) is 5.91 Å². The van der Waals surface area contributed by atoms with E-state index in [1.54, 1.807) is 35.1 Å². The molecule has 2 aliphatic carbocycles. The van der Waals surface area contributed by atoms with Gasteiger partial charge in [-0.15, -0.1) is 5.10 Å². The van der Waals surface area contributed by atoms with Crippen LogP contribution < -0.4 is 38.6 Å². The van der Waals surface area contributed by atoms with E-state index in [1.807, 2.05) is 0 Å². The fourth-order valence-electron chi connectivity index (χ4n) is 9.45. The number of hydrogen-bond donors (Lipinski definition) is 15. The van der Waals surface area contributed by atoms with Gasteiger partial charge in [-0.25, -0.2) is 4.79 Å². The molecule has 1 saturated carbocycles. The van der Waals surface area contributed by atoms with Crippen LogP contribution in [0, 0.1) is 0 Å². The van der Waals surface area contributed by atoms with Crippen molar-refractivity contribution in [2.45, 2.75) is 130 Å². The Labute approximate surface area is 432 Å². The maximum absolute atomic E-state index is 12.9. The zero-order chi connectivity index (χ0) is 53.8. The summed E-state index contributed by atoms with van der Waals surface area (Å²) in [5.41, 5.74) is 20.8. The molecule has 0 radical (unpaired) electrons. The number of ether oxygens (including phenoxy) is 4. The Morgan fingerprint density at radius 3 is 2.24 bits per heavy atom. The highest BCUT2D eigenvalue weighted by Crippen LogP contribution is 2.42. The Bertz CT molecular complexity index is 2840. The molecule has 75 heavy (non-hydrogen) atoms. The zero-order valence-corrected chi connectivity index (χ0v) is 40.9. The second-order valence-corrected chi connectivity index (χ2v) is 19.2. The lowest BCUT2D eigenvalue weighted by Crippen LogP contribution is -2.68. The SMILES string of the molecule is NC1C(O)[C@H](OC2[C@H](N)CC(N)[C@H](O[C@@H]3OC(CNC(=O)CCCc4cn(CCCNC(=S)Nc5ccc(-c6c7ccc(=O)cc-7oc7cc(O)ccc67)c(C(=O)O)c5)nn4)[C@H](O)[C@H](O)C3O)[C@@H]2O)OC(CO)[C@@H]1O. The van der Waals surface area contributed by atoms with Crippen molar-refractivity contribution in [2.75, 3.05) is 25.0 Å². The van der Waals surface area contributed by atoms with E-state index in [2.05, 4.69) is 26.3 Å². The first kappa shape index (κ1) is 55.4. The Hall–Kier alpha value is -5.86. The minimum absolute atomic E-state index is 0.00475. The molecule has 15 atom stereocenters. The van der Waals surface area contributed by atoms with Crippen molar-refractivity contribution in [1.29, 1.82) is 0 Å². The van der Waals surface area contributed by atoms with Crippen LogP contribution in [0.15, 0.2) is 70.0 Å². The number of carboxylic acid groups (broad SMARTS) is 1. The molecular formula is C48H61N9O17S. The van der Waals surface area contributed by atoms with Crippen molar-refractivity contribution < 1.29 is 78.9 Å². The number of benzene rings is 3. The summed E-state index contributed by atoms with van der Waals surface area (Å²) in [7, 11) is 0. The summed E-state index contributed by atoms with van der Waals surface area (Å²) in [5.74, 6) is -1.45. The highest BCUT2D eigenvalue weighted by Gasteiger charge is 2.52. The molecule has 3 aliphatic heterocycles. The van der Waals surface area contributed by atoms with Crippen LogP contribution in [-0.2, 0) is 36.7 Å². The van der Waals surface area contributed by atoms with Crippen molar-refractivity contribution in [3.63, 3.8) is 0 Å². The van der Waals surface area contributed by atoms with E-state index >= 15 is 0 Å². The maximum atomic E-state index is 12.9. The first-order valence-electron chi connectivity index (χ1n) is 24.2. The first-order chi connectivity index (χ1) is 35.8. The molecule has 18 N–H and O–H groups in total. The number of nitrogens with one attached hydrogen (secondary N) is 3. The molecular weight excluding hydrogens is 1010 g/mol. The number of aromatic hydroxyl groups is 1. The van der Waals surface area contributed by atoms with Crippen LogP contribution >= 0.6 is 12.2 Å². The fourth-order valence-corrected chi connectivity index (χ4v) is 9.67. The number of phenolic OH excluding ortho intramolecular Hbond substituents is 1.